The third kappa shape index (κ3) is 2.46. The van der Waals surface area contributed by atoms with E-state index >= 15 is 0 Å². The van der Waals surface area contributed by atoms with E-state index in [2.05, 4.69) is 4.98 Å². The lowest BCUT2D eigenvalue weighted by Crippen LogP contribution is -1.62. The largest absolute Gasteiger partial charge is 0.428 e. The lowest BCUT2D eigenvalue weighted by molar-refractivity contribution is 0.604. The molecule has 0 aliphatic rings. The molecule has 1 heterocycles. The number of benzene rings is 1. The third-order valence-electron chi connectivity index (χ3n) is 1.27. The van der Waals surface area contributed by atoms with E-state index in [-0.39, 0.29) is 5.35 Å². The molecule has 0 amide bonds. The third-order valence-corrected chi connectivity index (χ3v) is 1.43. The Morgan fingerprint density at radius 1 is 1.46 bits per heavy atom. The highest BCUT2D eigenvalue weighted by atomic mass is 35.5. The summed E-state index contributed by atoms with van der Waals surface area (Å²) in [7, 11) is 0. The van der Waals surface area contributed by atoms with Crippen LogP contribution < -0.4 is 0 Å². The summed E-state index contributed by atoms with van der Waals surface area (Å²) in [4.78, 5) is 3.91. The SMILES string of the molecule is CC#N.Clc1nc2ccccc2o1. The molecule has 0 atom stereocenters. The van der Waals surface area contributed by atoms with Crippen molar-refractivity contribution >= 4 is 22.7 Å². The van der Waals surface area contributed by atoms with Crippen molar-refractivity contribution < 1.29 is 4.42 Å². The first-order chi connectivity index (χ1) is 6.27. The number of fused-ring (bicyclic) bond motifs is 1. The van der Waals surface area contributed by atoms with Gasteiger partial charge in [-0.05, 0) is 23.7 Å². The van der Waals surface area contributed by atoms with E-state index in [1.807, 2.05) is 24.3 Å². The first-order valence-electron chi connectivity index (χ1n) is 3.60. The second kappa shape index (κ2) is 4.48. The van der Waals surface area contributed by atoms with Crippen molar-refractivity contribution in [1.82, 2.24) is 4.98 Å². The number of aromatic nitrogens is 1. The average molecular weight is 195 g/mol. The number of nitriles is 1. The van der Waals surface area contributed by atoms with E-state index < -0.39 is 0 Å². The number of para-hydroxylation sites is 2. The first-order valence-corrected chi connectivity index (χ1v) is 3.97. The molecule has 0 saturated heterocycles. The first kappa shape index (κ1) is 9.56. The van der Waals surface area contributed by atoms with Crippen molar-refractivity contribution in [2.24, 2.45) is 0 Å². The predicted molar refractivity (Wildman–Crippen MR) is 50.3 cm³/mol. The van der Waals surface area contributed by atoms with Gasteiger partial charge in [0.2, 0.25) is 0 Å². The number of hydrogen-bond donors (Lipinski definition) is 0. The minimum absolute atomic E-state index is 0.196. The van der Waals surface area contributed by atoms with Gasteiger partial charge < -0.3 is 4.42 Å². The fourth-order valence-corrected chi connectivity index (χ4v) is 1.02. The Morgan fingerprint density at radius 3 is 2.69 bits per heavy atom. The summed E-state index contributed by atoms with van der Waals surface area (Å²) in [5, 5.41) is 7.52. The Balaban J connectivity index is 0.000000251. The van der Waals surface area contributed by atoms with E-state index in [9.17, 15) is 0 Å². The van der Waals surface area contributed by atoms with Gasteiger partial charge in [-0.1, -0.05) is 12.1 Å². The molecule has 1 aromatic heterocycles. The van der Waals surface area contributed by atoms with Gasteiger partial charge in [0.05, 0.1) is 6.07 Å². The van der Waals surface area contributed by atoms with Crippen LogP contribution in [0.15, 0.2) is 28.7 Å². The van der Waals surface area contributed by atoms with Crippen LogP contribution in [0.5, 0.6) is 0 Å². The lowest BCUT2D eigenvalue weighted by atomic mass is 10.3. The second-order valence-electron chi connectivity index (χ2n) is 2.16. The van der Waals surface area contributed by atoms with Crippen LogP contribution in [0.3, 0.4) is 0 Å². The van der Waals surface area contributed by atoms with Crippen molar-refractivity contribution in [3.63, 3.8) is 0 Å². The van der Waals surface area contributed by atoms with Crippen LogP contribution in [0.1, 0.15) is 6.92 Å². The van der Waals surface area contributed by atoms with E-state index in [0.29, 0.717) is 0 Å². The maximum Gasteiger partial charge on any atom is 0.293 e. The molecule has 0 aliphatic carbocycles. The molecular weight excluding hydrogens is 188 g/mol. The van der Waals surface area contributed by atoms with E-state index in [1.165, 1.54) is 6.92 Å². The summed E-state index contributed by atoms with van der Waals surface area (Å²) in [5.41, 5.74) is 1.53. The molecule has 0 aliphatic heterocycles. The molecule has 0 bridgehead atoms. The summed E-state index contributed by atoms with van der Waals surface area (Å²) in [5.74, 6) is 0. The quantitative estimate of drug-likeness (QED) is 0.648. The van der Waals surface area contributed by atoms with Gasteiger partial charge in [-0.25, -0.2) is 0 Å². The molecule has 2 rings (SSSR count). The molecule has 66 valence electrons. The summed E-state index contributed by atoms with van der Waals surface area (Å²) >= 11 is 5.51. The molecule has 0 N–H and O–H groups in total. The number of nitrogens with zero attached hydrogens (tertiary/aromatic N) is 2. The summed E-state index contributed by atoms with van der Waals surface area (Å²) < 4.78 is 5.02. The monoisotopic (exact) mass is 194 g/mol. The maximum absolute atomic E-state index is 7.32. The number of halogens is 1. The normalized spacial score (nSPS) is 8.69. The van der Waals surface area contributed by atoms with Gasteiger partial charge in [0.1, 0.15) is 5.52 Å². The predicted octanol–water partition coefficient (Wildman–Crippen LogP) is 3.01. The number of rotatable bonds is 0. The van der Waals surface area contributed by atoms with Crippen LogP contribution in [-0.4, -0.2) is 4.98 Å². The molecule has 0 saturated carbocycles. The van der Waals surface area contributed by atoms with Gasteiger partial charge in [-0.3, -0.25) is 0 Å². The van der Waals surface area contributed by atoms with Gasteiger partial charge in [0.15, 0.2) is 5.58 Å². The van der Waals surface area contributed by atoms with Gasteiger partial charge in [0, 0.05) is 6.92 Å². The Bertz CT molecular complexity index is 397. The molecule has 0 unspecified atom stereocenters. The zero-order valence-corrected chi connectivity index (χ0v) is 7.75. The fraction of sp³-hybridized carbons (Fsp3) is 0.111. The highest BCUT2D eigenvalue weighted by molar-refractivity contribution is 6.28. The van der Waals surface area contributed by atoms with Crippen molar-refractivity contribution in [3.8, 4) is 6.07 Å². The van der Waals surface area contributed by atoms with Crippen LogP contribution in [0.4, 0.5) is 0 Å². The molecule has 1 aromatic carbocycles. The molecule has 0 radical (unpaired) electrons. The summed E-state index contributed by atoms with van der Waals surface area (Å²) in [6.07, 6.45) is 0. The van der Waals surface area contributed by atoms with Crippen molar-refractivity contribution in [1.29, 1.82) is 5.26 Å². The maximum atomic E-state index is 7.32. The lowest BCUT2D eigenvalue weighted by Gasteiger charge is -1.79. The Morgan fingerprint density at radius 2 is 2.08 bits per heavy atom. The van der Waals surface area contributed by atoms with Gasteiger partial charge in [0.25, 0.3) is 5.35 Å². The Hall–Kier alpha value is -1.53. The molecule has 4 heteroatoms. The Labute approximate surface area is 80.6 Å². The molecule has 0 fully saturated rings. The fourth-order valence-electron chi connectivity index (χ4n) is 0.844. The van der Waals surface area contributed by atoms with Crippen LogP contribution in [0, 0.1) is 11.3 Å². The molecule has 0 spiro atoms. The second-order valence-corrected chi connectivity index (χ2v) is 2.48. The summed E-state index contributed by atoms with van der Waals surface area (Å²) in [6.45, 7) is 1.43. The van der Waals surface area contributed by atoms with Gasteiger partial charge >= 0.3 is 0 Å². The van der Waals surface area contributed by atoms with Crippen LogP contribution in [0.2, 0.25) is 5.35 Å². The van der Waals surface area contributed by atoms with E-state index in [4.69, 9.17) is 21.3 Å². The van der Waals surface area contributed by atoms with Crippen LogP contribution in [0.25, 0.3) is 11.1 Å². The van der Waals surface area contributed by atoms with Crippen LogP contribution >= 0.6 is 11.6 Å². The van der Waals surface area contributed by atoms with Gasteiger partial charge in [-0.15, -0.1) is 0 Å². The summed E-state index contributed by atoms with van der Waals surface area (Å²) in [6, 6.07) is 9.20. The van der Waals surface area contributed by atoms with E-state index in [1.54, 1.807) is 6.07 Å². The minimum Gasteiger partial charge on any atom is -0.428 e. The highest BCUT2D eigenvalue weighted by Gasteiger charge is 1.99. The van der Waals surface area contributed by atoms with Gasteiger partial charge in [-0.2, -0.15) is 10.2 Å². The van der Waals surface area contributed by atoms with Crippen molar-refractivity contribution in [3.05, 3.63) is 29.6 Å². The van der Waals surface area contributed by atoms with E-state index in [0.717, 1.165) is 11.1 Å². The smallest absolute Gasteiger partial charge is 0.293 e. The highest BCUT2D eigenvalue weighted by Crippen LogP contribution is 2.17. The standard InChI is InChI=1S/C7H4ClNO.C2H3N/c8-7-9-5-3-1-2-4-6(5)10-7;1-2-3/h1-4H;1H3. The molecule has 2 aromatic rings. The number of oxazole rings is 1. The average Bonchev–Trinajstić information content (AvgIpc) is 2.45. The Kier molecular flexibility index (Phi) is 3.30. The number of hydrogen-bond acceptors (Lipinski definition) is 3. The molecule has 13 heavy (non-hydrogen) atoms. The minimum atomic E-state index is 0.196. The molecule has 3 nitrogen and oxygen atoms in total. The topological polar surface area (TPSA) is 49.8 Å². The van der Waals surface area contributed by atoms with Crippen molar-refractivity contribution in [2.75, 3.05) is 0 Å². The van der Waals surface area contributed by atoms with Crippen LogP contribution in [-0.2, 0) is 0 Å². The van der Waals surface area contributed by atoms with Crippen molar-refractivity contribution in [2.45, 2.75) is 6.92 Å². The zero-order chi connectivity index (χ0) is 9.68. The molecular formula is C9H7ClN2O. The zero-order valence-electron chi connectivity index (χ0n) is 6.99.